The number of benzene rings is 1. The van der Waals surface area contributed by atoms with Crippen molar-refractivity contribution in [1.29, 1.82) is 0 Å². The molecule has 2 atom stereocenters. The predicted molar refractivity (Wildman–Crippen MR) is 78.1 cm³/mol. The Morgan fingerprint density at radius 2 is 2.00 bits per heavy atom. The second-order valence-corrected chi connectivity index (χ2v) is 5.29. The molecule has 1 saturated heterocycles. The van der Waals surface area contributed by atoms with Gasteiger partial charge in [0.05, 0.1) is 12.0 Å². The van der Waals surface area contributed by atoms with Crippen molar-refractivity contribution in [2.75, 3.05) is 13.6 Å². The first-order valence-electron chi connectivity index (χ1n) is 7.16. The molecule has 0 aliphatic carbocycles. The first-order valence-corrected chi connectivity index (χ1v) is 7.16. The summed E-state index contributed by atoms with van der Waals surface area (Å²) in [7, 11) is 1.65. The molecule has 108 valence electrons. The highest BCUT2D eigenvalue weighted by atomic mass is 16.2. The van der Waals surface area contributed by atoms with E-state index in [2.05, 4.69) is 5.32 Å². The van der Waals surface area contributed by atoms with Crippen LogP contribution in [-0.2, 0) is 9.59 Å². The normalized spacial score (nSPS) is 22.8. The molecule has 0 unspecified atom stereocenters. The third-order valence-electron chi connectivity index (χ3n) is 4.05. The zero-order chi connectivity index (χ0) is 14.7. The largest absolute Gasteiger partial charge is 0.359 e. The molecule has 1 N–H and O–H groups in total. The van der Waals surface area contributed by atoms with Crippen molar-refractivity contribution in [1.82, 2.24) is 10.2 Å². The van der Waals surface area contributed by atoms with E-state index in [0.29, 0.717) is 19.4 Å². The van der Waals surface area contributed by atoms with Crippen LogP contribution in [0.2, 0.25) is 0 Å². The van der Waals surface area contributed by atoms with E-state index in [-0.39, 0.29) is 23.8 Å². The van der Waals surface area contributed by atoms with Gasteiger partial charge in [-0.15, -0.1) is 0 Å². The summed E-state index contributed by atoms with van der Waals surface area (Å²) in [5.74, 6) is -0.0138. The smallest absolute Gasteiger partial charge is 0.225 e. The summed E-state index contributed by atoms with van der Waals surface area (Å²) in [6, 6.07) is 7.96. The predicted octanol–water partition coefficient (Wildman–Crippen LogP) is 2.04. The van der Waals surface area contributed by atoms with E-state index in [1.807, 2.05) is 43.0 Å². The maximum absolute atomic E-state index is 12.1. The second-order valence-electron chi connectivity index (χ2n) is 5.29. The lowest BCUT2D eigenvalue weighted by molar-refractivity contribution is -0.143. The molecule has 2 rings (SSSR count). The maximum atomic E-state index is 12.1. The fraction of sp³-hybridized carbons (Fsp3) is 0.500. The first-order chi connectivity index (χ1) is 9.58. The molecule has 4 nitrogen and oxygen atoms in total. The number of nitrogens with zero attached hydrogens (tertiary/aromatic N) is 1. The van der Waals surface area contributed by atoms with Gasteiger partial charge in [0.1, 0.15) is 0 Å². The number of carbonyl (C=O) groups excluding carboxylic acids is 2. The highest BCUT2D eigenvalue weighted by Crippen LogP contribution is 2.36. The molecule has 1 aliphatic rings. The zero-order valence-corrected chi connectivity index (χ0v) is 12.3. The summed E-state index contributed by atoms with van der Waals surface area (Å²) in [5.41, 5.74) is 2.22. The molecule has 1 fully saturated rings. The van der Waals surface area contributed by atoms with Gasteiger partial charge in [-0.25, -0.2) is 0 Å². The Balaban J connectivity index is 2.40. The minimum Gasteiger partial charge on any atom is -0.359 e. The van der Waals surface area contributed by atoms with Crippen molar-refractivity contribution < 1.29 is 9.59 Å². The van der Waals surface area contributed by atoms with E-state index >= 15 is 0 Å². The molecule has 0 bridgehead atoms. The van der Waals surface area contributed by atoms with Crippen molar-refractivity contribution in [3.05, 3.63) is 35.4 Å². The Morgan fingerprint density at radius 3 is 2.55 bits per heavy atom. The molecule has 20 heavy (non-hydrogen) atoms. The molecule has 1 aromatic rings. The van der Waals surface area contributed by atoms with Gasteiger partial charge in [0, 0.05) is 20.0 Å². The summed E-state index contributed by atoms with van der Waals surface area (Å²) < 4.78 is 0. The highest BCUT2D eigenvalue weighted by molar-refractivity contribution is 5.84. The monoisotopic (exact) mass is 274 g/mol. The molecule has 0 saturated carbocycles. The van der Waals surface area contributed by atoms with Crippen LogP contribution < -0.4 is 5.32 Å². The van der Waals surface area contributed by atoms with Crippen molar-refractivity contribution >= 4 is 11.8 Å². The first kappa shape index (κ1) is 14.6. The lowest BCUT2D eigenvalue weighted by Gasteiger charge is -2.40. The van der Waals surface area contributed by atoms with Crippen LogP contribution in [0, 0.1) is 12.8 Å². The number of piperidine rings is 1. The highest BCUT2D eigenvalue weighted by Gasteiger charge is 2.39. The van der Waals surface area contributed by atoms with Crippen molar-refractivity contribution in [3.8, 4) is 0 Å². The van der Waals surface area contributed by atoms with Gasteiger partial charge in [0.15, 0.2) is 0 Å². The lowest BCUT2D eigenvalue weighted by atomic mass is 9.83. The van der Waals surface area contributed by atoms with E-state index in [1.165, 1.54) is 5.56 Å². The average molecular weight is 274 g/mol. The van der Waals surface area contributed by atoms with E-state index < -0.39 is 0 Å². The fourth-order valence-electron chi connectivity index (χ4n) is 2.96. The average Bonchev–Trinajstić information content (AvgIpc) is 2.47. The third-order valence-corrected chi connectivity index (χ3v) is 4.05. The van der Waals surface area contributed by atoms with Crippen LogP contribution in [0.3, 0.4) is 0 Å². The number of nitrogens with one attached hydrogen (secondary N) is 1. The zero-order valence-electron chi connectivity index (χ0n) is 12.3. The Kier molecular flexibility index (Phi) is 4.42. The number of carbonyl (C=O) groups is 2. The van der Waals surface area contributed by atoms with Gasteiger partial charge in [-0.05, 0) is 25.8 Å². The number of rotatable bonds is 3. The van der Waals surface area contributed by atoms with Gasteiger partial charge >= 0.3 is 0 Å². The van der Waals surface area contributed by atoms with E-state index in [9.17, 15) is 9.59 Å². The Hall–Kier alpha value is -1.84. The number of hydrogen-bond acceptors (Lipinski definition) is 2. The van der Waals surface area contributed by atoms with Crippen molar-refractivity contribution in [2.45, 2.75) is 32.7 Å². The molecule has 2 amide bonds. The topological polar surface area (TPSA) is 49.4 Å². The molecule has 1 aliphatic heterocycles. The van der Waals surface area contributed by atoms with E-state index in [4.69, 9.17) is 0 Å². The van der Waals surface area contributed by atoms with Crippen LogP contribution in [0.25, 0.3) is 0 Å². The Labute approximate surface area is 120 Å². The van der Waals surface area contributed by atoms with Gasteiger partial charge in [-0.1, -0.05) is 29.8 Å². The summed E-state index contributed by atoms with van der Waals surface area (Å²) in [4.78, 5) is 26.1. The maximum Gasteiger partial charge on any atom is 0.225 e. The van der Waals surface area contributed by atoms with Crippen LogP contribution >= 0.6 is 0 Å². The van der Waals surface area contributed by atoms with Crippen LogP contribution in [0.4, 0.5) is 0 Å². The molecule has 1 aromatic carbocycles. The van der Waals surface area contributed by atoms with Gasteiger partial charge < -0.3 is 10.2 Å². The Morgan fingerprint density at radius 1 is 1.35 bits per heavy atom. The van der Waals surface area contributed by atoms with Crippen molar-refractivity contribution in [3.63, 3.8) is 0 Å². The molecular formula is C16H22N2O2. The standard InChI is InChI=1S/C16H22N2O2/c1-4-18-14(19)10-9-13(16(20)17-3)15(18)12-7-5-11(2)6-8-12/h5-8,13,15H,4,9-10H2,1-3H3,(H,17,20)/t13-,15+/m1/s1. The lowest BCUT2D eigenvalue weighted by Crippen LogP contribution is -2.47. The second kappa shape index (κ2) is 6.07. The summed E-state index contributed by atoms with van der Waals surface area (Å²) >= 11 is 0. The number of likely N-dealkylation sites (tertiary alicyclic amines) is 1. The molecule has 1 heterocycles. The molecule has 0 spiro atoms. The number of aryl methyl sites for hydroxylation is 1. The summed E-state index contributed by atoms with van der Waals surface area (Å²) in [6.45, 7) is 4.62. The van der Waals surface area contributed by atoms with Crippen LogP contribution in [-0.4, -0.2) is 30.3 Å². The van der Waals surface area contributed by atoms with Crippen LogP contribution in [0.1, 0.15) is 36.9 Å². The van der Waals surface area contributed by atoms with Gasteiger partial charge in [-0.3, -0.25) is 9.59 Å². The summed E-state index contributed by atoms with van der Waals surface area (Å²) in [5, 5.41) is 2.73. The number of amides is 2. The SMILES string of the molecule is CCN1C(=O)CC[C@@H](C(=O)NC)[C@@H]1c1ccc(C)cc1. The minimum atomic E-state index is -0.166. The number of hydrogen-bond donors (Lipinski definition) is 1. The molecular weight excluding hydrogens is 252 g/mol. The van der Waals surface area contributed by atoms with Crippen LogP contribution in [0.15, 0.2) is 24.3 Å². The van der Waals surface area contributed by atoms with E-state index in [1.54, 1.807) is 7.05 Å². The minimum absolute atomic E-state index is 0.0153. The van der Waals surface area contributed by atoms with E-state index in [0.717, 1.165) is 5.56 Å². The van der Waals surface area contributed by atoms with Gasteiger partial charge in [0.25, 0.3) is 0 Å². The fourth-order valence-corrected chi connectivity index (χ4v) is 2.96. The molecule has 4 heteroatoms. The third kappa shape index (κ3) is 2.69. The van der Waals surface area contributed by atoms with Crippen LogP contribution in [0.5, 0.6) is 0 Å². The molecule has 0 aromatic heterocycles. The van der Waals surface area contributed by atoms with Gasteiger partial charge in [-0.2, -0.15) is 0 Å². The molecule has 0 radical (unpaired) electrons. The van der Waals surface area contributed by atoms with Gasteiger partial charge in [0.2, 0.25) is 11.8 Å². The summed E-state index contributed by atoms with van der Waals surface area (Å²) in [6.07, 6.45) is 1.07. The Bertz CT molecular complexity index is 496. The van der Waals surface area contributed by atoms with Crippen molar-refractivity contribution in [2.24, 2.45) is 5.92 Å². The quantitative estimate of drug-likeness (QED) is 0.917.